The van der Waals surface area contributed by atoms with Gasteiger partial charge in [-0.15, -0.1) is 24.0 Å². The van der Waals surface area contributed by atoms with E-state index in [4.69, 9.17) is 5.73 Å². The number of hydrogen-bond acceptors (Lipinski definition) is 1. The van der Waals surface area contributed by atoms with Crippen molar-refractivity contribution in [3.63, 3.8) is 0 Å². The van der Waals surface area contributed by atoms with Gasteiger partial charge in [0.2, 0.25) is 0 Å². The Morgan fingerprint density at radius 1 is 1.47 bits per heavy atom. The lowest BCUT2D eigenvalue weighted by molar-refractivity contribution is 0.254. The van der Waals surface area contributed by atoms with E-state index in [0.29, 0.717) is 17.3 Å². The molecule has 0 aromatic heterocycles. The van der Waals surface area contributed by atoms with Gasteiger partial charge in [-0.05, 0) is 51.4 Å². The van der Waals surface area contributed by atoms with Crippen molar-refractivity contribution in [3.8, 4) is 0 Å². The van der Waals surface area contributed by atoms with Crippen molar-refractivity contribution in [2.24, 2.45) is 23.0 Å². The molecule has 112 valence electrons. The Morgan fingerprint density at radius 2 is 2.05 bits per heavy atom. The molecule has 0 spiro atoms. The Morgan fingerprint density at radius 3 is 2.53 bits per heavy atom. The molecule has 0 aromatic rings. The zero-order chi connectivity index (χ0) is 14.0. The van der Waals surface area contributed by atoms with Gasteiger partial charge in [-0.3, -0.25) is 0 Å². The summed E-state index contributed by atoms with van der Waals surface area (Å²) in [6, 6.07) is 0. The smallest absolute Gasteiger partial charge is 0.0103 e. The van der Waals surface area contributed by atoms with Crippen molar-refractivity contribution in [2.45, 2.75) is 66.3 Å². The van der Waals surface area contributed by atoms with Crippen LogP contribution in [0.5, 0.6) is 0 Å². The Kier molecular flexibility index (Phi) is 7.32. The monoisotopic (exact) mass is 377 g/mol. The van der Waals surface area contributed by atoms with Gasteiger partial charge in [0, 0.05) is 11.5 Å². The molecule has 0 saturated heterocycles. The topological polar surface area (TPSA) is 26.0 Å². The lowest BCUT2D eigenvalue weighted by atomic mass is 9.68. The average molecular weight is 377 g/mol. The standard InChI is InChI=1S/C17H31N.HI/c1-13(12-17(5,6)18)9-10-15-14(2)8-7-11-16(15,3)4;/h8-10,13,15H,7,11-12,18H2,1-6H3;1H. The van der Waals surface area contributed by atoms with E-state index in [-0.39, 0.29) is 29.5 Å². The van der Waals surface area contributed by atoms with Crippen LogP contribution in [-0.2, 0) is 0 Å². The number of halogens is 1. The molecular formula is C17H32IN. The van der Waals surface area contributed by atoms with E-state index in [0.717, 1.165) is 6.42 Å². The van der Waals surface area contributed by atoms with Crippen LogP contribution in [0.1, 0.15) is 60.8 Å². The lowest BCUT2D eigenvalue weighted by Crippen LogP contribution is -2.33. The molecule has 2 N–H and O–H groups in total. The molecule has 0 aromatic carbocycles. The highest BCUT2D eigenvalue weighted by atomic mass is 127. The second kappa shape index (κ2) is 7.26. The summed E-state index contributed by atoms with van der Waals surface area (Å²) in [5, 5.41) is 0. The molecule has 2 unspecified atom stereocenters. The minimum absolute atomic E-state index is 0. The first kappa shape index (κ1) is 19.2. The van der Waals surface area contributed by atoms with Gasteiger partial charge in [0.1, 0.15) is 0 Å². The minimum atomic E-state index is -0.0727. The van der Waals surface area contributed by atoms with E-state index in [1.807, 2.05) is 0 Å². The van der Waals surface area contributed by atoms with Crippen molar-refractivity contribution in [2.75, 3.05) is 0 Å². The van der Waals surface area contributed by atoms with E-state index in [1.54, 1.807) is 0 Å². The third-order valence-electron chi connectivity index (χ3n) is 4.07. The Hall–Kier alpha value is 0.170. The molecule has 0 radical (unpaired) electrons. The fourth-order valence-corrected chi connectivity index (χ4v) is 3.18. The molecular weight excluding hydrogens is 345 g/mol. The van der Waals surface area contributed by atoms with E-state index in [1.165, 1.54) is 18.4 Å². The quantitative estimate of drug-likeness (QED) is 0.522. The molecule has 0 fully saturated rings. The second-order valence-corrected chi connectivity index (χ2v) is 7.51. The highest BCUT2D eigenvalue weighted by Crippen LogP contribution is 2.41. The van der Waals surface area contributed by atoms with Gasteiger partial charge < -0.3 is 5.73 Å². The molecule has 1 aliphatic carbocycles. The maximum atomic E-state index is 6.08. The third-order valence-corrected chi connectivity index (χ3v) is 4.07. The third kappa shape index (κ3) is 6.44. The summed E-state index contributed by atoms with van der Waals surface area (Å²) in [7, 11) is 0. The summed E-state index contributed by atoms with van der Waals surface area (Å²) in [6.07, 6.45) is 10.7. The molecule has 0 aliphatic heterocycles. The van der Waals surface area contributed by atoms with Crippen LogP contribution in [0.2, 0.25) is 0 Å². The Labute approximate surface area is 137 Å². The van der Waals surface area contributed by atoms with Crippen LogP contribution in [0.25, 0.3) is 0 Å². The van der Waals surface area contributed by atoms with Gasteiger partial charge >= 0.3 is 0 Å². The molecule has 1 rings (SSSR count). The molecule has 0 amide bonds. The van der Waals surface area contributed by atoms with Crippen LogP contribution in [0.3, 0.4) is 0 Å². The van der Waals surface area contributed by atoms with E-state index in [9.17, 15) is 0 Å². The van der Waals surface area contributed by atoms with Crippen LogP contribution in [0, 0.1) is 17.3 Å². The van der Waals surface area contributed by atoms with E-state index in [2.05, 4.69) is 59.8 Å². The van der Waals surface area contributed by atoms with E-state index >= 15 is 0 Å². The van der Waals surface area contributed by atoms with Gasteiger partial charge in [-0.25, -0.2) is 0 Å². The molecule has 1 aliphatic rings. The fourth-order valence-electron chi connectivity index (χ4n) is 3.18. The van der Waals surface area contributed by atoms with Crippen LogP contribution in [0.4, 0.5) is 0 Å². The zero-order valence-electron chi connectivity index (χ0n) is 13.5. The first-order valence-electron chi connectivity index (χ1n) is 7.26. The zero-order valence-corrected chi connectivity index (χ0v) is 15.8. The fraction of sp³-hybridized carbons (Fsp3) is 0.765. The number of nitrogens with two attached hydrogens (primary N) is 1. The number of allylic oxidation sites excluding steroid dienone is 4. The van der Waals surface area contributed by atoms with Gasteiger partial charge in [0.25, 0.3) is 0 Å². The summed E-state index contributed by atoms with van der Waals surface area (Å²) in [5.41, 5.74) is 7.93. The molecule has 2 heteroatoms. The van der Waals surface area contributed by atoms with Crippen LogP contribution in [-0.4, -0.2) is 5.54 Å². The van der Waals surface area contributed by atoms with Crippen LogP contribution in [0.15, 0.2) is 23.8 Å². The van der Waals surface area contributed by atoms with Crippen molar-refractivity contribution < 1.29 is 0 Å². The number of hydrogen-bond donors (Lipinski definition) is 1. The lowest BCUT2D eigenvalue weighted by Gasteiger charge is -2.37. The SMILES string of the molecule is CC1=CCCC(C)(C)C1C=CC(C)CC(C)(C)N.I. The van der Waals surface area contributed by atoms with E-state index < -0.39 is 0 Å². The van der Waals surface area contributed by atoms with Gasteiger partial charge in [-0.2, -0.15) is 0 Å². The predicted molar refractivity (Wildman–Crippen MR) is 96.9 cm³/mol. The molecule has 2 atom stereocenters. The minimum Gasteiger partial charge on any atom is -0.326 e. The summed E-state index contributed by atoms with van der Waals surface area (Å²) in [4.78, 5) is 0. The second-order valence-electron chi connectivity index (χ2n) is 7.51. The van der Waals surface area contributed by atoms with Gasteiger partial charge in [-0.1, -0.05) is 44.6 Å². The van der Waals surface area contributed by atoms with Crippen molar-refractivity contribution in [1.29, 1.82) is 0 Å². The molecule has 0 saturated carbocycles. The molecule has 1 nitrogen and oxygen atoms in total. The Bertz CT molecular complexity index is 334. The maximum absolute atomic E-state index is 6.08. The first-order valence-corrected chi connectivity index (χ1v) is 7.26. The van der Waals surface area contributed by atoms with Crippen LogP contribution >= 0.6 is 24.0 Å². The van der Waals surface area contributed by atoms with Crippen molar-refractivity contribution in [1.82, 2.24) is 0 Å². The summed E-state index contributed by atoms with van der Waals surface area (Å²) in [5.74, 6) is 1.14. The van der Waals surface area contributed by atoms with Gasteiger partial charge in [0.05, 0.1) is 0 Å². The molecule has 0 bridgehead atoms. The van der Waals surface area contributed by atoms with Crippen molar-refractivity contribution in [3.05, 3.63) is 23.8 Å². The first-order chi connectivity index (χ1) is 8.12. The van der Waals surface area contributed by atoms with Crippen LogP contribution < -0.4 is 5.73 Å². The predicted octanol–water partition coefficient (Wildman–Crippen LogP) is 5.31. The number of rotatable bonds is 4. The van der Waals surface area contributed by atoms with Crippen molar-refractivity contribution >= 4 is 24.0 Å². The summed E-state index contributed by atoms with van der Waals surface area (Å²) >= 11 is 0. The molecule has 0 heterocycles. The maximum Gasteiger partial charge on any atom is 0.0103 e. The highest BCUT2D eigenvalue weighted by Gasteiger charge is 2.30. The Balaban J connectivity index is 0.00000324. The normalized spacial score (nSPS) is 24.8. The molecule has 19 heavy (non-hydrogen) atoms. The summed E-state index contributed by atoms with van der Waals surface area (Å²) in [6.45, 7) is 13.5. The van der Waals surface area contributed by atoms with Gasteiger partial charge in [0.15, 0.2) is 0 Å². The highest BCUT2D eigenvalue weighted by molar-refractivity contribution is 14.0. The largest absolute Gasteiger partial charge is 0.326 e. The average Bonchev–Trinajstić information content (AvgIpc) is 2.12. The summed E-state index contributed by atoms with van der Waals surface area (Å²) < 4.78 is 0.